The molecule has 2 N–H and O–H groups in total. The van der Waals surface area contributed by atoms with Gasteiger partial charge in [0.25, 0.3) is 0 Å². The molecule has 1 saturated heterocycles. The molecule has 0 spiro atoms. The third-order valence-corrected chi connectivity index (χ3v) is 6.81. The van der Waals surface area contributed by atoms with Gasteiger partial charge in [0.15, 0.2) is 0 Å². The van der Waals surface area contributed by atoms with Crippen molar-refractivity contribution in [2.45, 2.75) is 19.1 Å². The van der Waals surface area contributed by atoms with Crippen LogP contribution in [0.3, 0.4) is 0 Å². The van der Waals surface area contributed by atoms with Gasteiger partial charge in [-0.3, -0.25) is 19.6 Å². The van der Waals surface area contributed by atoms with E-state index in [0.29, 0.717) is 30.6 Å². The Morgan fingerprint density at radius 2 is 1.56 bits per heavy atom. The molecule has 2 aromatic carbocycles. The molecule has 36 heavy (non-hydrogen) atoms. The molecule has 8 nitrogen and oxygen atoms in total. The molecule has 8 heteroatoms. The summed E-state index contributed by atoms with van der Waals surface area (Å²) in [4.78, 5) is 32.7. The van der Waals surface area contributed by atoms with Gasteiger partial charge in [0, 0.05) is 74.3 Å². The van der Waals surface area contributed by atoms with E-state index in [4.69, 9.17) is 0 Å². The highest BCUT2D eigenvalue weighted by atomic mass is 16.4. The molecule has 0 amide bonds. The number of nitrogens with zero attached hydrogens (tertiary/aromatic N) is 4. The first-order valence-electron chi connectivity index (χ1n) is 12.0. The Kier molecular flexibility index (Phi) is 6.79. The van der Waals surface area contributed by atoms with Crippen molar-refractivity contribution < 1.29 is 19.8 Å². The van der Waals surface area contributed by atoms with Crippen molar-refractivity contribution in [3.63, 3.8) is 0 Å². The summed E-state index contributed by atoms with van der Waals surface area (Å²) in [5.74, 6) is -1.97. The lowest BCUT2D eigenvalue weighted by Gasteiger charge is -2.37. The van der Waals surface area contributed by atoms with Gasteiger partial charge in [0.1, 0.15) is 6.04 Å². The molecule has 0 bridgehead atoms. The lowest BCUT2D eigenvalue weighted by atomic mass is 10.0. The highest BCUT2D eigenvalue weighted by molar-refractivity contribution is 5.96. The number of pyridine rings is 1. The van der Waals surface area contributed by atoms with Crippen LogP contribution < -0.4 is 0 Å². The first kappa shape index (κ1) is 23.7. The first-order valence-corrected chi connectivity index (χ1v) is 12.0. The number of carboxylic acid groups (broad SMARTS) is 2. The first-order chi connectivity index (χ1) is 17.5. The van der Waals surface area contributed by atoms with Crippen molar-refractivity contribution >= 4 is 22.8 Å². The SMILES string of the molecule is O=C(O)c1ccc2c(c1)c(C(C(=O)O)N1CCN(Cc3ccncc3)CC1)cn2Cc1ccccc1. The third kappa shape index (κ3) is 5.00. The normalized spacial score (nSPS) is 15.7. The Bertz CT molecular complexity index is 1360. The minimum Gasteiger partial charge on any atom is -0.480 e. The van der Waals surface area contributed by atoms with Crippen LogP contribution >= 0.6 is 0 Å². The van der Waals surface area contributed by atoms with E-state index in [0.717, 1.165) is 30.7 Å². The number of benzene rings is 2. The van der Waals surface area contributed by atoms with Gasteiger partial charge in [-0.05, 0) is 41.5 Å². The molecule has 1 unspecified atom stereocenters. The van der Waals surface area contributed by atoms with Crippen LogP contribution in [0.4, 0.5) is 0 Å². The van der Waals surface area contributed by atoms with Gasteiger partial charge in [0.05, 0.1) is 5.56 Å². The van der Waals surface area contributed by atoms with Crippen LogP contribution in [-0.4, -0.2) is 67.7 Å². The number of hydrogen-bond donors (Lipinski definition) is 2. The summed E-state index contributed by atoms with van der Waals surface area (Å²) < 4.78 is 2.02. The van der Waals surface area contributed by atoms with Gasteiger partial charge in [-0.25, -0.2) is 4.79 Å². The van der Waals surface area contributed by atoms with Gasteiger partial charge in [-0.15, -0.1) is 0 Å². The fourth-order valence-electron chi connectivity index (χ4n) is 5.00. The minimum atomic E-state index is -1.03. The van der Waals surface area contributed by atoms with E-state index in [1.165, 1.54) is 5.56 Å². The Labute approximate surface area is 209 Å². The quantitative estimate of drug-likeness (QED) is 0.393. The number of fused-ring (bicyclic) bond motifs is 1. The standard InChI is InChI=1S/C28H28N4O4/c33-27(34)22-6-7-25-23(16-22)24(19-32(25)18-20-4-2-1-3-5-20)26(28(35)36)31-14-12-30(13-15-31)17-21-8-10-29-11-9-21/h1-11,16,19,26H,12-15,17-18H2,(H,33,34)(H,35,36). The second-order valence-corrected chi connectivity index (χ2v) is 9.14. The molecule has 0 aliphatic carbocycles. The third-order valence-electron chi connectivity index (χ3n) is 6.81. The molecule has 1 atom stereocenters. The maximum Gasteiger partial charge on any atom is 0.335 e. The molecule has 1 aliphatic rings. The van der Waals surface area contributed by atoms with Gasteiger partial charge in [-0.2, -0.15) is 0 Å². The van der Waals surface area contributed by atoms with Gasteiger partial charge in [-0.1, -0.05) is 30.3 Å². The number of carbonyl (C=O) groups is 2. The van der Waals surface area contributed by atoms with Crippen molar-refractivity contribution in [3.8, 4) is 0 Å². The summed E-state index contributed by atoms with van der Waals surface area (Å²) >= 11 is 0. The number of hydrogen-bond acceptors (Lipinski definition) is 5. The number of rotatable bonds is 8. The monoisotopic (exact) mass is 484 g/mol. The molecule has 0 radical (unpaired) electrons. The number of carboxylic acids is 2. The maximum atomic E-state index is 12.6. The summed E-state index contributed by atoms with van der Waals surface area (Å²) in [6.45, 7) is 4.06. The largest absolute Gasteiger partial charge is 0.480 e. The lowest BCUT2D eigenvalue weighted by Crippen LogP contribution is -2.48. The van der Waals surface area contributed by atoms with Crippen LogP contribution in [-0.2, 0) is 17.9 Å². The molecule has 2 aromatic heterocycles. The lowest BCUT2D eigenvalue weighted by molar-refractivity contribution is -0.144. The topological polar surface area (TPSA) is 98.9 Å². The predicted octanol–water partition coefficient (Wildman–Crippen LogP) is 3.73. The van der Waals surface area contributed by atoms with Crippen LogP contribution in [0.15, 0.2) is 79.3 Å². The van der Waals surface area contributed by atoms with Crippen LogP contribution in [0.25, 0.3) is 10.9 Å². The maximum absolute atomic E-state index is 12.6. The number of piperazine rings is 1. The van der Waals surface area contributed by atoms with Crippen molar-refractivity contribution in [2.24, 2.45) is 0 Å². The molecule has 1 aliphatic heterocycles. The highest BCUT2D eigenvalue weighted by Gasteiger charge is 2.33. The van der Waals surface area contributed by atoms with Crippen molar-refractivity contribution in [1.29, 1.82) is 0 Å². The van der Waals surface area contributed by atoms with Crippen LogP contribution in [0, 0.1) is 0 Å². The predicted molar refractivity (Wildman–Crippen MR) is 136 cm³/mol. The summed E-state index contributed by atoms with van der Waals surface area (Å²) in [5, 5.41) is 20.6. The van der Waals surface area contributed by atoms with Crippen LogP contribution in [0.1, 0.15) is 33.1 Å². The number of aromatic carboxylic acids is 1. The Morgan fingerprint density at radius 1 is 0.861 bits per heavy atom. The zero-order chi connectivity index (χ0) is 25.1. The summed E-state index contributed by atoms with van der Waals surface area (Å²) in [6, 6.07) is 18.0. The van der Waals surface area contributed by atoms with E-state index in [1.54, 1.807) is 30.6 Å². The molecule has 3 heterocycles. The average molecular weight is 485 g/mol. The van der Waals surface area contributed by atoms with Gasteiger partial charge in [0.2, 0.25) is 0 Å². The summed E-state index contributed by atoms with van der Waals surface area (Å²) in [7, 11) is 0. The van der Waals surface area contributed by atoms with E-state index < -0.39 is 18.0 Å². The Balaban J connectivity index is 1.45. The van der Waals surface area contributed by atoms with Crippen LogP contribution in [0.5, 0.6) is 0 Å². The Morgan fingerprint density at radius 3 is 2.22 bits per heavy atom. The Hall–Kier alpha value is -4.01. The molecule has 184 valence electrons. The van der Waals surface area contributed by atoms with Crippen molar-refractivity contribution in [3.05, 3.63) is 102 Å². The van der Waals surface area contributed by atoms with Gasteiger partial charge >= 0.3 is 11.9 Å². The van der Waals surface area contributed by atoms with E-state index in [-0.39, 0.29) is 5.56 Å². The molecule has 5 rings (SSSR count). The zero-order valence-corrected chi connectivity index (χ0v) is 19.8. The zero-order valence-electron chi connectivity index (χ0n) is 19.8. The smallest absolute Gasteiger partial charge is 0.335 e. The number of aromatic nitrogens is 2. The minimum absolute atomic E-state index is 0.146. The second kappa shape index (κ2) is 10.3. The summed E-state index contributed by atoms with van der Waals surface area (Å²) in [5.41, 5.74) is 3.85. The fourth-order valence-corrected chi connectivity index (χ4v) is 5.00. The summed E-state index contributed by atoms with van der Waals surface area (Å²) in [6.07, 6.45) is 5.44. The van der Waals surface area contributed by atoms with E-state index >= 15 is 0 Å². The van der Waals surface area contributed by atoms with Crippen molar-refractivity contribution in [2.75, 3.05) is 26.2 Å². The number of aliphatic carboxylic acids is 1. The highest BCUT2D eigenvalue weighted by Crippen LogP contribution is 2.33. The second-order valence-electron chi connectivity index (χ2n) is 9.14. The molecule has 0 saturated carbocycles. The average Bonchev–Trinajstić information content (AvgIpc) is 3.23. The van der Waals surface area contributed by atoms with E-state index in [1.807, 2.05) is 58.1 Å². The molecule has 4 aromatic rings. The van der Waals surface area contributed by atoms with E-state index in [9.17, 15) is 19.8 Å². The molecular formula is C28H28N4O4. The van der Waals surface area contributed by atoms with Crippen molar-refractivity contribution in [1.82, 2.24) is 19.4 Å². The van der Waals surface area contributed by atoms with Crippen LogP contribution in [0.2, 0.25) is 0 Å². The molecule has 1 fully saturated rings. The molecular weight excluding hydrogens is 456 g/mol. The fraction of sp³-hybridized carbons (Fsp3) is 0.250. The van der Waals surface area contributed by atoms with E-state index in [2.05, 4.69) is 9.88 Å². The van der Waals surface area contributed by atoms with Gasteiger partial charge < -0.3 is 14.8 Å².